The Bertz CT molecular complexity index is 699. The minimum Gasteiger partial charge on any atom is -0.371 e. The number of hydrogen-bond acceptors (Lipinski definition) is 2. The van der Waals surface area contributed by atoms with E-state index in [1.54, 1.807) is 0 Å². The van der Waals surface area contributed by atoms with Crippen LogP contribution in [0.1, 0.15) is 24.6 Å². The number of fused-ring (bicyclic) bond motifs is 1. The van der Waals surface area contributed by atoms with Crippen LogP contribution in [0.3, 0.4) is 0 Å². The second-order valence-corrected chi connectivity index (χ2v) is 5.76. The normalized spacial score (nSPS) is 19.0. The molecule has 2 aromatic carbocycles. The highest BCUT2D eigenvalue weighted by Gasteiger charge is 2.23. The summed E-state index contributed by atoms with van der Waals surface area (Å²) < 4.78 is 0. The maximum Gasteiger partial charge on any atom is 0.112 e. The molecule has 1 aromatic heterocycles. The molecule has 4 rings (SSSR count). The number of H-pyrrole nitrogens is 1. The average molecular weight is 277 g/mol. The van der Waals surface area contributed by atoms with Gasteiger partial charge in [-0.05, 0) is 37.1 Å². The number of hydrogen-bond donors (Lipinski definition) is 1. The van der Waals surface area contributed by atoms with Gasteiger partial charge in [-0.15, -0.1) is 0 Å². The Balaban J connectivity index is 1.60. The van der Waals surface area contributed by atoms with Crippen LogP contribution in [0.25, 0.3) is 11.0 Å². The highest BCUT2D eigenvalue weighted by Crippen LogP contribution is 2.29. The van der Waals surface area contributed by atoms with Crippen molar-refractivity contribution in [2.75, 3.05) is 18.0 Å². The minimum absolute atomic E-state index is 0.492. The molecule has 21 heavy (non-hydrogen) atoms. The molecule has 1 fully saturated rings. The van der Waals surface area contributed by atoms with E-state index < -0.39 is 0 Å². The third-order valence-electron chi connectivity index (χ3n) is 4.34. The molecule has 0 bridgehead atoms. The van der Waals surface area contributed by atoms with Crippen molar-refractivity contribution in [3.63, 3.8) is 0 Å². The van der Waals surface area contributed by atoms with Crippen LogP contribution in [0.4, 0.5) is 5.69 Å². The zero-order valence-electron chi connectivity index (χ0n) is 12.0. The fraction of sp³-hybridized carbons (Fsp3) is 0.278. The van der Waals surface area contributed by atoms with E-state index in [9.17, 15) is 0 Å². The lowest BCUT2D eigenvalue weighted by atomic mass is 9.97. The van der Waals surface area contributed by atoms with Crippen molar-refractivity contribution in [1.29, 1.82) is 0 Å². The highest BCUT2D eigenvalue weighted by atomic mass is 15.1. The second-order valence-electron chi connectivity index (χ2n) is 5.76. The lowest BCUT2D eigenvalue weighted by Gasteiger charge is -2.33. The molecule has 0 aliphatic carbocycles. The quantitative estimate of drug-likeness (QED) is 0.769. The first-order valence-electron chi connectivity index (χ1n) is 7.65. The molecule has 3 heteroatoms. The standard InChI is InChI=1S/C18H19N3/c1-2-8-15(9-3-1)21-12-6-7-14(13-21)18-19-16-10-4-5-11-17(16)20-18/h1-5,8-11,14H,6-7,12-13H2,(H,19,20). The van der Waals surface area contributed by atoms with Gasteiger partial charge in [-0.1, -0.05) is 30.3 Å². The van der Waals surface area contributed by atoms with E-state index in [1.165, 1.54) is 18.5 Å². The molecule has 1 saturated heterocycles. The number of nitrogens with one attached hydrogen (secondary N) is 1. The van der Waals surface area contributed by atoms with E-state index >= 15 is 0 Å². The highest BCUT2D eigenvalue weighted by molar-refractivity contribution is 5.74. The first-order valence-corrected chi connectivity index (χ1v) is 7.65. The lowest BCUT2D eigenvalue weighted by molar-refractivity contribution is 0.495. The van der Waals surface area contributed by atoms with Crippen LogP contribution < -0.4 is 4.90 Å². The number of nitrogens with zero attached hydrogens (tertiary/aromatic N) is 2. The van der Waals surface area contributed by atoms with E-state index in [1.807, 2.05) is 6.07 Å². The summed E-state index contributed by atoms with van der Waals surface area (Å²) in [4.78, 5) is 10.8. The first-order chi connectivity index (χ1) is 10.4. The topological polar surface area (TPSA) is 31.9 Å². The maximum absolute atomic E-state index is 4.78. The van der Waals surface area contributed by atoms with Gasteiger partial charge >= 0.3 is 0 Å². The molecule has 1 aliphatic heterocycles. The minimum atomic E-state index is 0.492. The zero-order valence-corrected chi connectivity index (χ0v) is 12.0. The van der Waals surface area contributed by atoms with E-state index in [2.05, 4.69) is 58.4 Å². The van der Waals surface area contributed by atoms with Crippen LogP contribution >= 0.6 is 0 Å². The van der Waals surface area contributed by atoms with Gasteiger partial charge in [-0.25, -0.2) is 4.98 Å². The van der Waals surface area contributed by atoms with Crippen molar-refractivity contribution < 1.29 is 0 Å². The van der Waals surface area contributed by atoms with Crippen LogP contribution in [0, 0.1) is 0 Å². The van der Waals surface area contributed by atoms with Gasteiger partial charge in [-0.2, -0.15) is 0 Å². The van der Waals surface area contributed by atoms with Crippen molar-refractivity contribution in [3.8, 4) is 0 Å². The van der Waals surface area contributed by atoms with Crippen LogP contribution in [0.15, 0.2) is 54.6 Å². The van der Waals surface area contributed by atoms with E-state index in [-0.39, 0.29) is 0 Å². The molecule has 1 N–H and O–H groups in total. The number of para-hydroxylation sites is 3. The van der Waals surface area contributed by atoms with Crippen LogP contribution in [-0.2, 0) is 0 Å². The van der Waals surface area contributed by atoms with Gasteiger partial charge < -0.3 is 9.88 Å². The van der Waals surface area contributed by atoms with Crippen LogP contribution in [0.2, 0.25) is 0 Å². The summed E-state index contributed by atoms with van der Waals surface area (Å²) in [5.41, 5.74) is 3.53. The molecule has 0 spiro atoms. The summed E-state index contributed by atoms with van der Waals surface area (Å²) in [6.07, 6.45) is 2.43. The number of aromatic amines is 1. The zero-order chi connectivity index (χ0) is 14.1. The summed E-state index contributed by atoms with van der Waals surface area (Å²) >= 11 is 0. The van der Waals surface area contributed by atoms with Crippen molar-refractivity contribution in [3.05, 3.63) is 60.4 Å². The fourth-order valence-electron chi connectivity index (χ4n) is 3.24. The smallest absolute Gasteiger partial charge is 0.112 e. The predicted octanol–water partition coefficient (Wildman–Crippen LogP) is 3.95. The van der Waals surface area contributed by atoms with Crippen LogP contribution in [-0.4, -0.2) is 23.1 Å². The third kappa shape index (κ3) is 2.40. The van der Waals surface area contributed by atoms with E-state index in [0.29, 0.717) is 5.92 Å². The van der Waals surface area contributed by atoms with Gasteiger partial charge in [0.1, 0.15) is 5.82 Å². The molecule has 3 aromatic rings. The molecule has 0 radical (unpaired) electrons. The summed E-state index contributed by atoms with van der Waals surface area (Å²) in [7, 11) is 0. The number of piperidine rings is 1. The van der Waals surface area contributed by atoms with Gasteiger partial charge in [0.05, 0.1) is 11.0 Å². The molecule has 3 nitrogen and oxygen atoms in total. The van der Waals surface area contributed by atoms with Gasteiger partial charge in [-0.3, -0.25) is 0 Å². The van der Waals surface area contributed by atoms with Crippen LogP contribution in [0.5, 0.6) is 0 Å². The summed E-state index contributed by atoms with van der Waals surface area (Å²) in [5, 5.41) is 0. The number of rotatable bonds is 2. The van der Waals surface area contributed by atoms with Gasteiger partial charge in [0.15, 0.2) is 0 Å². The lowest BCUT2D eigenvalue weighted by Crippen LogP contribution is -2.34. The third-order valence-corrected chi connectivity index (χ3v) is 4.34. The molecule has 1 atom stereocenters. The molecule has 106 valence electrons. The van der Waals surface area contributed by atoms with Gasteiger partial charge in [0.2, 0.25) is 0 Å². The Hall–Kier alpha value is -2.29. The fourth-order valence-corrected chi connectivity index (χ4v) is 3.24. The second kappa shape index (κ2) is 5.24. The van der Waals surface area contributed by atoms with Gasteiger partial charge in [0.25, 0.3) is 0 Å². The number of imidazole rings is 1. The van der Waals surface area contributed by atoms with Gasteiger partial charge in [0, 0.05) is 24.7 Å². The van der Waals surface area contributed by atoms with Crippen molar-refractivity contribution in [2.24, 2.45) is 0 Å². The summed E-state index contributed by atoms with van der Waals surface area (Å²) in [6.45, 7) is 2.19. The van der Waals surface area contributed by atoms with E-state index in [4.69, 9.17) is 4.98 Å². The Kier molecular flexibility index (Phi) is 3.11. The summed E-state index contributed by atoms with van der Waals surface area (Å²) in [6, 6.07) is 19.0. The molecule has 0 amide bonds. The molecule has 2 heterocycles. The first kappa shape index (κ1) is 12.5. The number of benzene rings is 2. The SMILES string of the molecule is c1ccc(N2CCCC(c3nc4ccccc4[nH]3)C2)cc1. The molecular weight excluding hydrogens is 258 g/mol. The largest absolute Gasteiger partial charge is 0.371 e. The Morgan fingerprint density at radius 3 is 2.67 bits per heavy atom. The van der Waals surface area contributed by atoms with Crippen molar-refractivity contribution in [2.45, 2.75) is 18.8 Å². The molecule has 0 saturated carbocycles. The average Bonchev–Trinajstić information content (AvgIpc) is 3.00. The maximum atomic E-state index is 4.78. The monoisotopic (exact) mass is 277 g/mol. The molecule has 1 unspecified atom stereocenters. The molecular formula is C18H19N3. The number of anilines is 1. The summed E-state index contributed by atoms with van der Waals surface area (Å²) in [5.74, 6) is 1.63. The predicted molar refractivity (Wildman–Crippen MR) is 86.7 cm³/mol. The number of aromatic nitrogens is 2. The molecule has 1 aliphatic rings. The Morgan fingerprint density at radius 2 is 1.81 bits per heavy atom. The Labute approximate surface area is 124 Å². The van der Waals surface area contributed by atoms with Crippen molar-refractivity contribution in [1.82, 2.24) is 9.97 Å². The Morgan fingerprint density at radius 1 is 1.00 bits per heavy atom. The van der Waals surface area contributed by atoms with Crippen molar-refractivity contribution >= 4 is 16.7 Å². The van der Waals surface area contributed by atoms with E-state index in [0.717, 1.165) is 29.9 Å².